The van der Waals surface area contributed by atoms with Crippen molar-refractivity contribution >= 4 is 34.5 Å². The highest BCUT2D eigenvalue weighted by molar-refractivity contribution is 8.00. The third-order valence-electron chi connectivity index (χ3n) is 3.78. The number of amides is 1. The number of aromatic nitrogens is 4. The average molecular weight is 389 g/mol. The zero-order chi connectivity index (χ0) is 19.4. The fourth-order valence-corrected chi connectivity index (χ4v) is 3.33. The van der Waals surface area contributed by atoms with Crippen molar-refractivity contribution in [1.82, 2.24) is 19.9 Å². The van der Waals surface area contributed by atoms with Gasteiger partial charge < -0.3 is 24.5 Å². The Hall–Kier alpha value is -3.01. The first-order valence-corrected chi connectivity index (χ1v) is 8.87. The lowest BCUT2D eigenvalue weighted by atomic mass is 10.2. The summed E-state index contributed by atoms with van der Waals surface area (Å²) in [6.07, 6.45) is 2.97. The van der Waals surface area contributed by atoms with E-state index in [1.54, 1.807) is 25.4 Å². The Bertz CT molecular complexity index is 936. The summed E-state index contributed by atoms with van der Waals surface area (Å²) in [6, 6.07) is 3.35. The molecule has 142 valence electrons. The van der Waals surface area contributed by atoms with Crippen molar-refractivity contribution in [3.8, 4) is 17.2 Å². The summed E-state index contributed by atoms with van der Waals surface area (Å²) in [5, 5.41) is 3.11. The molecule has 0 radical (unpaired) electrons. The Morgan fingerprint density at radius 2 is 1.81 bits per heavy atom. The number of hydrogen-bond donors (Lipinski definition) is 2. The van der Waals surface area contributed by atoms with Gasteiger partial charge in [0, 0.05) is 17.8 Å². The number of carbonyl (C=O) groups excluding carboxylic acids is 1. The van der Waals surface area contributed by atoms with E-state index in [1.807, 2.05) is 0 Å². The van der Waals surface area contributed by atoms with Gasteiger partial charge in [-0.2, -0.15) is 0 Å². The molecule has 0 bridgehead atoms. The van der Waals surface area contributed by atoms with E-state index in [1.165, 1.54) is 39.4 Å². The fourth-order valence-electron chi connectivity index (χ4n) is 2.45. The SMILES string of the molecule is COc1cc(NC(=O)[C@@H](C)Sc2ncnc3nc[nH]c23)cc(OC)c1OC. The average Bonchev–Trinajstić information content (AvgIpc) is 3.16. The predicted octanol–water partition coefficient (Wildman–Crippen LogP) is 2.50. The van der Waals surface area contributed by atoms with Gasteiger partial charge in [0.2, 0.25) is 11.7 Å². The molecule has 0 aliphatic carbocycles. The molecule has 3 rings (SSSR count). The quantitative estimate of drug-likeness (QED) is 0.468. The van der Waals surface area contributed by atoms with Crippen LogP contribution in [0.25, 0.3) is 11.2 Å². The number of anilines is 1. The van der Waals surface area contributed by atoms with E-state index in [4.69, 9.17) is 14.2 Å². The lowest BCUT2D eigenvalue weighted by molar-refractivity contribution is -0.115. The molecule has 1 atom stereocenters. The molecule has 2 N–H and O–H groups in total. The third-order valence-corrected chi connectivity index (χ3v) is 4.88. The summed E-state index contributed by atoms with van der Waals surface area (Å²) in [4.78, 5) is 28.0. The molecule has 2 aromatic heterocycles. The fraction of sp³-hybridized carbons (Fsp3) is 0.294. The van der Waals surface area contributed by atoms with Gasteiger partial charge in [0.1, 0.15) is 16.9 Å². The van der Waals surface area contributed by atoms with Crippen LogP contribution in [0.4, 0.5) is 5.69 Å². The van der Waals surface area contributed by atoms with Crippen LogP contribution in [0.2, 0.25) is 0 Å². The highest BCUT2D eigenvalue weighted by atomic mass is 32.2. The van der Waals surface area contributed by atoms with Crippen LogP contribution in [-0.4, -0.2) is 52.4 Å². The smallest absolute Gasteiger partial charge is 0.237 e. The number of H-pyrrole nitrogens is 1. The van der Waals surface area contributed by atoms with Crippen LogP contribution in [0.15, 0.2) is 29.8 Å². The Balaban J connectivity index is 1.77. The molecule has 1 aromatic carbocycles. The molecule has 0 saturated carbocycles. The molecule has 0 saturated heterocycles. The normalized spacial score (nSPS) is 11.9. The van der Waals surface area contributed by atoms with Crippen LogP contribution in [0.1, 0.15) is 6.92 Å². The van der Waals surface area contributed by atoms with E-state index in [0.29, 0.717) is 39.1 Å². The number of hydrogen-bond acceptors (Lipinski definition) is 8. The minimum Gasteiger partial charge on any atom is -0.493 e. The maximum atomic E-state index is 12.6. The van der Waals surface area contributed by atoms with Crippen LogP contribution in [0, 0.1) is 0 Å². The topological polar surface area (TPSA) is 111 Å². The Morgan fingerprint density at radius 1 is 1.11 bits per heavy atom. The molecule has 0 fully saturated rings. The number of fused-ring (bicyclic) bond motifs is 1. The van der Waals surface area contributed by atoms with Crippen LogP contribution in [0.5, 0.6) is 17.2 Å². The van der Waals surface area contributed by atoms with E-state index in [0.717, 1.165) is 0 Å². The lowest BCUT2D eigenvalue weighted by Crippen LogP contribution is -2.22. The Kier molecular flexibility index (Phi) is 5.65. The Labute approximate surface area is 159 Å². The Morgan fingerprint density at radius 3 is 2.44 bits per heavy atom. The van der Waals surface area contributed by atoms with Crippen molar-refractivity contribution in [3.63, 3.8) is 0 Å². The molecule has 0 unspecified atom stereocenters. The minimum atomic E-state index is -0.412. The molecular formula is C17H19N5O4S. The number of aromatic amines is 1. The van der Waals surface area contributed by atoms with Crippen molar-refractivity contribution in [2.75, 3.05) is 26.6 Å². The summed E-state index contributed by atoms with van der Waals surface area (Å²) in [6.45, 7) is 1.79. The van der Waals surface area contributed by atoms with Crippen molar-refractivity contribution in [2.24, 2.45) is 0 Å². The van der Waals surface area contributed by atoms with Gasteiger partial charge in [-0.25, -0.2) is 15.0 Å². The number of nitrogens with zero attached hydrogens (tertiary/aromatic N) is 3. The number of ether oxygens (including phenoxy) is 3. The molecule has 3 aromatic rings. The van der Waals surface area contributed by atoms with Crippen molar-refractivity contribution in [2.45, 2.75) is 17.2 Å². The second-order valence-electron chi connectivity index (χ2n) is 5.44. The first kappa shape index (κ1) is 18.8. The molecular weight excluding hydrogens is 370 g/mol. The number of rotatable bonds is 7. The van der Waals surface area contributed by atoms with E-state index < -0.39 is 5.25 Å². The van der Waals surface area contributed by atoms with Crippen molar-refractivity contribution in [3.05, 3.63) is 24.8 Å². The van der Waals surface area contributed by atoms with Crippen LogP contribution < -0.4 is 19.5 Å². The second-order valence-corrected chi connectivity index (χ2v) is 6.77. The van der Waals surface area contributed by atoms with Gasteiger partial charge >= 0.3 is 0 Å². The van der Waals surface area contributed by atoms with Crippen LogP contribution >= 0.6 is 11.8 Å². The second kappa shape index (κ2) is 8.12. The van der Waals surface area contributed by atoms with Gasteiger partial charge in [-0.3, -0.25) is 4.79 Å². The summed E-state index contributed by atoms with van der Waals surface area (Å²) >= 11 is 1.31. The molecule has 0 aliphatic heterocycles. The number of carbonyl (C=O) groups is 1. The number of nitrogens with one attached hydrogen (secondary N) is 2. The number of imidazole rings is 1. The molecule has 9 nitrogen and oxygen atoms in total. The monoisotopic (exact) mass is 389 g/mol. The summed E-state index contributed by atoms with van der Waals surface area (Å²) in [5.74, 6) is 1.19. The van der Waals surface area contributed by atoms with E-state index in [-0.39, 0.29) is 5.91 Å². The lowest BCUT2D eigenvalue weighted by Gasteiger charge is -2.16. The van der Waals surface area contributed by atoms with Gasteiger partial charge in [-0.05, 0) is 6.92 Å². The first-order chi connectivity index (χ1) is 13.1. The molecule has 0 aliphatic rings. The summed E-state index contributed by atoms with van der Waals surface area (Å²) in [7, 11) is 4.56. The van der Waals surface area contributed by atoms with Gasteiger partial charge in [-0.1, -0.05) is 11.8 Å². The van der Waals surface area contributed by atoms with Gasteiger partial charge in [0.15, 0.2) is 17.1 Å². The zero-order valence-corrected chi connectivity index (χ0v) is 16.1. The van der Waals surface area contributed by atoms with Crippen molar-refractivity contribution in [1.29, 1.82) is 0 Å². The van der Waals surface area contributed by atoms with Gasteiger partial charge in [0.05, 0.1) is 32.9 Å². The highest BCUT2D eigenvalue weighted by Crippen LogP contribution is 2.40. The van der Waals surface area contributed by atoms with E-state index in [9.17, 15) is 4.79 Å². The van der Waals surface area contributed by atoms with E-state index >= 15 is 0 Å². The van der Waals surface area contributed by atoms with E-state index in [2.05, 4.69) is 25.3 Å². The van der Waals surface area contributed by atoms with Gasteiger partial charge in [0.25, 0.3) is 0 Å². The standard InChI is InChI=1S/C17H19N5O4S/c1-9(27-17-13-15(19-7-18-13)20-8-21-17)16(23)22-10-5-11(24-2)14(26-4)12(6-10)25-3/h5-9H,1-4H3,(H,22,23)(H,18,19,20,21)/t9-/m1/s1. The maximum absolute atomic E-state index is 12.6. The van der Waals surface area contributed by atoms with Crippen LogP contribution in [0.3, 0.4) is 0 Å². The van der Waals surface area contributed by atoms with Gasteiger partial charge in [-0.15, -0.1) is 0 Å². The number of thioether (sulfide) groups is 1. The molecule has 0 spiro atoms. The summed E-state index contributed by atoms with van der Waals surface area (Å²) < 4.78 is 15.9. The largest absolute Gasteiger partial charge is 0.493 e. The van der Waals surface area contributed by atoms with Crippen molar-refractivity contribution < 1.29 is 19.0 Å². The highest BCUT2D eigenvalue weighted by Gasteiger charge is 2.20. The van der Waals surface area contributed by atoms with Crippen LogP contribution in [-0.2, 0) is 4.79 Å². The maximum Gasteiger partial charge on any atom is 0.237 e. The molecule has 1 amide bonds. The first-order valence-electron chi connectivity index (χ1n) is 7.99. The molecule has 10 heteroatoms. The molecule has 2 heterocycles. The third kappa shape index (κ3) is 3.90. The predicted molar refractivity (Wildman–Crippen MR) is 102 cm³/mol. The molecule has 27 heavy (non-hydrogen) atoms. The number of benzene rings is 1. The minimum absolute atomic E-state index is 0.194. The zero-order valence-electron chi connectivity index (χ0n) is 15.3. The summed E-state index contributed by atoms with van der Waals surface area (Å²) in [5.41, 5.74) is 1.80. The number of methoxy groups -OCH3 is 3.